The summed E-state index contributed by atoms with van der Waals surface area (Å²) in [5.74, 6) is 1.33. The van der Waals surface area contributed by atoms with Gasteiger partial charge in [0.15, 0.2) is 0 Å². The molecule has 0 radical (unpaired) electrons. The Morgan fingerprint density at radius 2 is 1.90 bits per heavy atom. The van der Waals surface area contributed by atoms with Crippen molar-refractivity contribution >= 4 is 0 Å². The van der Waals surface area contributed by atoms with E-state index < -0.39 is 0 Å². The van der Waals surface area contributed by atoms with Gasteiger partial charge in [0, 0.05) is 0 Å². The van der Waals surface area contributed by atoms with Crippen LogP contribution < -0.4 is 0 Å². The molecule has 1 fully saturated rings. The maximum atomic E-state index is 13.2. The molecular formula is C16H20FN3O. The fourth-order valence-corrected chi connectivity index (χ4v) is 3.38. The van der Waals surface area contributed by atoms with Crippen molar-refractivity contribution in [2.75, 3.05) is 6.61 Å². The first kappa shape index (κ1) is 14.2. The third-order valence-corrected chi connectivity index (χ3v) is 4.55. The van der Waals surface area contributed by atoms with Crippen LogP contribution in [0.3, 0.4) is 0 Å². The van der Waals surface area contributed by atoms with Gasteiger partial charge in [0.2, 0.25) is 0 Å². The van der Waals surface area contributed by atoms with Gasteiger partial charge in [0.1, 0.15) is 17.5 Å². The van der Waals surface area contributed by atoms with Crippen LogP contribution in [0, 0.1) is 18.2 Å². The standard InChI is InChI=1S/C16H20FN3O/c1-11-18-14(20(19-11)8-9-21)16(10-15(16,2)3)12-4-6-13(17)7-5-12/h4-7,21H,8-10H2,1-3H3/t16-/m1/s1. The van der Waals surface area contributed by atoms with E-state index in [9.17, 15) is 9.50 Å². The highest BCUT2D eigenvalue weighted by Crippen LogP contribution is 2.67. The largest absolute Gasteiger partial charge is 0.394 e. The van der Waals surface area contributed by atoms with Crippen molar-refractivity contribution in [1.29, 1.82) is 0 Å². The van der Waals surface area contributed by atoms with Gasteiger partial charge in [0.25, 0.3) is 0 Å². The van der Waals surface area contributed by atoms with Gasteiger partial charge in [-0.2, -0.15) is 5.10 Å². The molecule has 0 saturated heterocycles. The summed E-state index contributed by atoms with van der Waals surface area (Å²) in [5.41, 5.74) is 0.842. The molecule has 3 rings (SSSR count). The minimum atomic E-state index is -0.253. The highest BCUT2D eigenvalue weighted by molar-refractivity contribution is 5.45. The number of halogens is 1. The van der Waals surface area contributed by atoms with Gasteiger partial charge in [-0.25, -0.2) is 14.1 Å². The Balaban J connectivity index is 2.13. The molecule has 0 aliphatic heterocycles. The number of aromatic nitrogens is 3. The minimum absolute atomic E-state index is 0.0235. The molecule has 1 saturated carbocycles. The van der Waals surface area contributed by atoms with Gasteiger partial charge in [0.05, 0.1) is 18.6 Å². The molecule has 4 nitrogen and oxygen atoms in total. The lowest BCUT2D eigenvalue weighted by Gasteiger charge is -2.21. The summed E-state index contributed by atoms with van der Waals surface area (Å²) in [6, 6.07) is 6.64. The molecule has 1 aromatic carbocycles. The summed E-state index contributed by atoms with van der Waals surface area (Å²) < 4.78 is 15.0. The first-order valence-corrected chi connectivity index (χ1v) is 7.19. The second-order valence-corrected chi connectivity index (χ2v) is 6.40. The van der Waals surface area contributed by atoms with E-state index >= 15 is 0 Å². The third kappa shape index (κ3) is 2.07. The van der Waals surface area contributed by atoms with E-state index in [-0.39, 0.29) is 23.3 Å². The van der Waals surface area contributed by atoms with Crippen LogP contribution in [0.15, 0.2) is 24.3 Å². The lowest BCUT2D eigenvalue weighted by Crippen LogP contribution is -2.23. The quantitative estimate of drug-likeness (QED) is 0.940. The summed E-state index contributed by atoms with van der Waals surface area (Å²) in [6.07, 6.45) is 0.940. The second-order valence-electron chi connectivity index (χ2n) is 6.40. The summed E-state index contributed by atoms with van der Waals surface area (Å²) in [6.45, 7) is 6.67. The summed E-state index contributed by atoms with van der Waals surface area (Å²) >= 11 is 0. The predicted octanol–water partition coefficient (Wildman–Crippen LogP) is 2.43. The summed E-state index contributed by atoms with van der Waals surface area (Å²) in [5, 5.41) is 13.6. The van der Waals surface area contributed by atoms with Crippen LogP contribution in [0.4, 0.5) is 4.39 Å². The topological polar surface area (TPSA) is 50.9 Å². The zero-order valence-corrected chi connectivity index (χ0v) is 12.6. The smallest absolute Gasteiger partial charge is 0.147 e. The first-order chi connectivity index (χ1) is 9.90. The van der Waals surface area contributed by atoms with E-state index in [1.165, 1.54) is 12.1 Å². The molecule has 2 aromatic rings. The van der Waals surface area contributed by atoms with Gasteiger partial charge in [-0.1, -0.05) is 26.0 Å². The molecule has 0 unspecified atom stereocenters. The van der Waals surface area contributed by atoms with Crippen LogP contribution >= 0.6 is 0 Å². The molecule has 1 aliphatic carbocycles. The number of aryl methyl sites for hydroxylation is 1. The Kier molecular flexibility index (Phi) is 3.13. The van der Waals surface area contributed by atoms with Crippen LogP contribution in [0.5, 0.6) is 0 Å². The van der Waals surface area contributed by atoms with Crippen LogP contribution in [0.2, 0.25) is 0 Å². The van der Waals surface area contributed by atoms with Crippen molar-refractivity contribution in [3.8, 4) is 0 Å². The van der Waals surface area contributed by atoms with Crippen molar-refractivity contribution in [2.45, 2.75) is 39.2 Å². The maximum absolute atomic E-state index is 13.2. The zero-order valence-electron chi connectivity index (χ0n) is 12.6. The molecule has 0 spiro atoms. The highest BCUT2D eigenvalue weighted by atomic mass is 19.1. The molecule has 1 heterocycles. The summed E-state index contributed by atoms with van der Waals surface area (Å²) in [4.78, 5) is 4.60. The first-order valence-electron chi connectivity index (χ1n) is 7.19. The lowest BCUT2D eigenvalue weighted by molar-refractivity contribution is 0.264. The van der Waals surface area contributed by atoms with E-state index in [0.29, 0.717) is 12.4 Å². The maximum Gasteiger partial charge on any atom is 0.147 e. The number of hydrogen-bond donors (Lipinski definition) is 1. The van der Waals surface area contributed by atoms with Gasteiger partial charge < -0.3 is 5.11 Å². The molecule has 112 valence electrons. The molecule has 0 amide bonds. The van der Waals surface area contributed by atoms with Gasteiger partial charge in [-0.15, -0.1) is 0 Å². The van der Waals surface area contributed by atoms with Crippen LogP contribution in [-0.4, -0.2) is 26.5 Å². The normalized spacial score (nSPS) is 23.3. The molecule has 1 aromatic heterocycles. The highest BCUT2D eigenvalue weighted by Gasteiger charge is 2.65. The fraction of sp³-hybridized carbons (Fsp3) is 0.500. The Morgan fingerprint density at radius 1 is 1.29 bits per heavy atom. The van der Waals surface area contributed by atoms with Crippen LogP contribution in [-0.2, 0) is 12.0 Å². The fourth-order valence-electron chi connectivity index (χ4n) is 3.38. The number of aliphatic hydroxyl groups is 1. The SMILES string of the molecule is Cc1nc([C@]2(c3ccc(F)cc3)CC2(C)C)n(CCO)n1. The van der Waals surface area contributed by atoms with Crippen molar-refractivity contribution in [1.82, 2.24) is 14.8 Å². The van der Waals surface area contributed by atoms with Crippen LogP contribution in [0.25, 0.3) is 0 Å². The van der Waals surface area contributed by atoms with Crippen molar-refractivity contribution in [3.63, 3.8) is 0 Å². The lowest BCUT2D eigenvalue weighted by atomic mass is 9.87. The van der Waals surface area contributed by atoms with Crippen molar-refractivity contribution in [2.24, 2.45) is 5.41 Å². The zero-order chi connectivity index (χ0) is 15.3. The Hall–Kier alpha value is -1.75. The van der Waals surface area contributed by atoms with E-state index in [2.05, 4.69) is 23.9 Å². The number of hydrogen-bond acceptors (Lipinski definition) is 3. The molecule has 1 atom stereocenters. The molecule has 0 bridgehead atoms. The van der Waals surface area contributed by atoms with Gasteiger partial charge in [-0.3, -0.25) is 0 Å². The Labute approximate surface area is 123 Å². The Morgan fingerprint density at radius 3 is 2.43 bits per heavy atom. The van der Waals surface area contributed by atoms with Crippen molar-refractivity contribution < 1.29 is 9.50 Å². The van der Waals surface area contributed by atoms with E-state index in [4.69, 9.17) is 0 Å². The second kappa shape index (κ2) is 4.63. The molecule has 1 aliphatic rings. The number of aliphatic hydroxyl groups excluding tert-OH is 1. The van der Waals surface area contributed by atoms with Crippen molar-refractivity contribution in [3.05, 3.63) is 47.3 Å². The minimum Gasteiger partial charge on any atom is -0.394 e. The van der Waals surface area contributed by atoms with Gasteiger partial charge >= 0.3 is 0 Å². The van der Waals surface area contributed by atoms with E-state index in [0.717, 1.165) is 17.8 Å². The summed E-state index contributed by atoms with van der Waals surface area (Å²) in [7, 11) is 0. The predicted molar refractivity (Wildman–Crippen MR) is 77.4 cm³/mol. The molecule has 5 heteroatoms. The van der Waals surface area contributed by atoms with E-state index in [1.54, 1.807) is 4.68 Å². The van der Waals surface area contributed by atoms with E-state index in [1.807, 2.05) is 19.1 Å². The number of nitrogens with zero attached hydrogens (tertiary/aromatic N) is 3. The average Bonchev–Trinajstić information content (AvgIpc) is 2.81. The third-order valence-electron chi connectivity index (χ3n) is 4.55. The van der Waals surface area contributed by atoms with Gasteiger partial charge in [-0.05, 0) is 36.5 Å². The number of benzene rings is 1. The number of rotatable bonds is 4. The molecule has 21 heavy (non-hydrogen) atoms. The van der Waals surface area contributed by atoms with Crippen LogP contribution in [0.1, 0.15) is 37.5 Å². The average molecular weight is 289 g/mol. The molecular weight excluding hydrogens is 269 g/mol. The molecule has 1 N–H and O–H groups in total. The monoisotopic (exact) mass is 289 g/mol. The Bertz CT molecular complexity index is 663.